The lowest BCUT2D eigenvalue weighted by atomic mass is 9.84. The van der Waals surface area contributed by atoms with Crippen LogP contribution in [-0.4, -0.2) is 27.8 Å². The predicted molar refractivity (Wildman–Crippen MR) is 116 cm³/mol. The molecule has 2 aromatic carbocycles. The van der Waals surface area contributed by atoms with Gasteiger partial charge in [0.1, 0.15) is 0 Å². The van der Waals surface area contributed by atoms with Crippen molar-refractivity contribution in [1.82, 2.24) is 10.4 Å². The summed E-state index contributed by atoms with van der Waals surface area (Å²) in [5, 5.41) is 12.6. The summed E-state index contributed by atoms with van der Waals surface area (Å²) in [6, 6.07) is 11.0. The second-order valence-electron chi connectivity index (χ2n) is 8.59. The summed E-state index contributed by atoms with van der Waals surface area (Å²) in [6.45, 7) is 11.5. The highest BCUT2D eigenvalue weighted by molar-refractivity contribution is 5.99. The van der Waals surface area contributed by atoms with Crippen LogP contribution in [-0.2, 0) is 0 Å². The second kappa shape index (κ2) is 9.07. The highest BCUT2D eigenvalue weighted by Crippen LogP contribution is 2.28. The van der Waals surface area contributed by atoms with Gasteiger partial charge in [-0.2, -0.15) is 0 Å². The van der Waals surface area contributed by atoms with Crippen LogP contribution in [0.4, 0.5) is 5.69 Å². The summed E-state index contributed by atoms with van der Waals surface area (Å²) in [5.41, 5.74) is 4.47. The summed E-state index contributed by atoms with van der Waals surface area (Å²) in [4.78, 5) is 37.0. The van der Waals surface area contributed by atoms with Crippen LogP contribution in [0.5, 0.6) is 0 Å². The third-order valence-electron chi connectivity index (χ3n) is 4.97. The average molecular weight is 412 g/mol. The van der Waals surface area contributed by atoms with Gasteiger partial charge >= 0.3 is 0 Å². The predicted octanol–water partition coefficient (Wildman–Crippen LogP) is 4.82. The molecule has 2 rings (SSSR count). The first kappa shape index (κ1) is 23.1. The van der Waals surface area contributed by atoms with Crippen LogP contribution in [0.3, 0.4) is 0 Å². The van der Waals surface area contributed by atoms with E-state index in [2.05, 4.69) is 5.43 Å². The van der Waals surface area contributed by atoms with Crippen molar-refractivity contribution in [3.63, 3.8) is 0 Å². The van der Waals surface area contributed by atoms with E-state index in [1.54, 1.807) is 25.1 Å². The minimum atomic E-state index is -0.528. The Hall–Kier alpha value is -3.22. The lowest BCUT2D eigenvalue weighted by molar-refractivity contribution is -0.384. The summed E-state index contributed by atoms with van der Waals surface area (Å²) in [6.07, 6.45) is 0.595. The van der Waals surface area contributed by atoms with Gasteiger partial charge < -0.3 is 0 Å². The van der Waals surface area contributed by atoms with E-state index < -0.39 is 16.7 Å². The lowest BCUT2D eigenvalue weighted by Gasteiger charge is -2.39. The van der Waals surface area contributed by atoms with Gasteiger partial charge in [-0.25, -0.2) is 5.01 Å². The number of nitro groups is 1. The third-order valence-corrected chi connectivity index (χ3v) is 4.97. The van der Waals surface area contributed by atoms with Gasteiger partial charge in [-0.1, -0.05) is 45.4 Å². The Morgan fingerprint density at radius 2 is 1.63 bits per heavy atom. The van der Waals surface area contributed by atoms with Gasteiger partial charge in [0.05, 0.1) is 11.0 Å². The van der Waals surface area contributed by atoms with Crippen molar-refractivity contribution < 1.29 is 14.5 Å². The Kier molecular flexibility index (Phi) is 6.97. The molecule has 0 aliphatic carbocycles. The number of hydrazine groups is 1. The molecular weight excluding hydrogens is 382 g/mol. The molecule has 0 aliphatic rings. The van der Waals surface area contributed by atoms with E-state index in [1.165, 1.54) is 17.1 Å². The Balaban J connectivity index is 2.48. The van der Waals surface area contributed by atoms with Crippen molar-refractivity contribution in [3.8, 4) is 0 Å². The zero-order chi connectivity index (χ0) is 22.6. The highest BCUT2D eigenvalue weighted by Gasteiger charge is 2.34. The van der Waals surface area contributed by atoms with Gasteiger partial charge in [-0.15, -0.1) is 0 Å². The van der Waals surface area contributed by atoms with E-state index in [0.717, 1.165) is 5.56 Å². The highest BCUT2D eigenvalue weighted by atomic mass is 16.6. The number of rotatable bonds is 5. The van der Waals surface area contributed by atoms with E-state index >= 15 is 0 Å². The molecule has 7 heteroatoms. The van der Waals surface area contributed by atoms with Gasteiger partial charge in [0.25, 0.3) is 17.5 Å². The minimum Gasteiger partial charge on any atom is -0.267 e. The van der Waals surface area contributed by atoms with Crippen LogP contribution in [0.15, 0.2) is 42.5 Å². The number of benzene rings is 2. The van der Waals surface area contributed by atoms with Crippen LogP contribution in [0.1, 0.15) is 66.0 Å². The number of nitrogens with one attached hydrogen (secondary N) is 1. The largest absolute Gasteiger partial charge is 0.272 e. The smallest absolute Gasteiger partial charge is 0.267 e. The van der Waals surface area contributed by atoms with Crippen molar-refractivity contribution in [2.24, 2.45) is 5.41 Å². The fraction of sp³-hybridized carbons (Fsp3) is 0.391. The van der Waals surface area contributed by atoms with Crippen LogP contribution in [0.25, 0.3) is 0 Å². The maximum Gasteiger partial charge on any atom is 0.272 e. The fourth-order valence-electron chi connectivity index (χ4n) is 3.46. The van der Waals surface area contributed by atoms with Crippen molar-refractivity contribution in [3.05, 3.63) is 74.8 Å². The number of aryl methyl sites for hydroxylation is 2. The molecule has 30 heavy (non-hydrogen) atoms. The number of nitro benzene ring substituents is 1. The molecule has 160 valence electrons. The van der Waals surface area contributed by atoms with Gasteiger partial charge in [0.2, 0.25) is 0 Å². The SMILES string of the molecule is CCC(N(NC(=O)c1ccc(C)cc1)C(=O)c1cc(C)cc([N+](=O)[O-])c1)C(C)(C)C. The van der Waals surface area contributed by atoms with Crippen LogP contribution >= 0.6 is 0 Å². The standard InChI is InChI=1S/C23H29N3O4/c1-7-20(23(4,5)6)25(24-21(27)17-10-8-15(2)9-11-17)22(28)18-12-16(3)13-19(14-18)26(29)30/h8-14,20H,7H2,1-6H3,(H,24,27). The lowest BCUT2D eigenvalue weighted by Crippen LogP contribution is -2.56. The Labute approximate surface area is 177 Å². The molecule has 0 radical (unpaired) electrons. The molecule has 1 N–H and O–H groups in total. The summed E-state index contributed by atoms with van der Waals surface area (Å²) in [7, 11) is 0. The number of amides is 2. The molecule has 1 atom stereocenters. The molecule has 0 bridgehead atoms. The molecule has 0 fully saturated rings. The van der Waals surface area contributed by atoms with E-state index in [9.17, 15) is 19.7 Å². The van der Waals surface area contributed by atoms with Crippen molar-refractivity contribution in [2.45, 2.75) is 54.0 Å². The van der Waals surface area contributed by atoms with Crippen LogP contribution in [0.2, 0.25) is 0 Å². The zero-order valence-corrected chi connectivity index (χ0v) is 18.4. The van der Waals surface area contributed by atoms with Crippen LogP contribution < -0.4 is 5.43 Å². The maximum absolute atomic E-state index is 13.4. The van der Waals surface area contributed by atoms with Crippen LogP contribution in [0, 0.1) is 29.4 Å². The Morgan fingerprint density at radius 3 is 2.13 bits per heavy atom. The summed E-state index contributed by atoms with van der Waals surface area (Å²) < 4.78 is 0. The first-order chi connectivity index (χ1) is 13.9. The summed E-state index contributed by atoms with van der Waals surface area (Å²) in [5.74, 6) is -0.891. The molecule has 0 spiro atoms. The molecule has 0 saturated carbocycles. The minimum absolute atomic E-state index is 0.160. The van der Waals surface area contributed by atoms with Gasteiger partial charge in [0, 0.05) is 23.3 Å². The number of non-ortho nitro benzene ring substituents is 1. The number of hydrogen-bond donors (Lipinski definition) is 1. The quantitative estimate of drug-likeness (QED) is 0.564. The first-order valence-electron chi connectivity index (χ1n) is 9.91. The van der Waals surface area contributed by atoms with Gasteiger partial charge in [-0.05, 0) is 49.4 Å². The monoisotopic (exact) mass is 411 g/mol. The van der Waals surface area contributed by atoms with E-state index in [0.29, 0.717) is 17.5 Å². The molecule has 1 unspecified atom stereocenters. The third kappa shape index (κ3) is 5.43. The number of hydrogen-bond acceptors (Lipinski definition) is 4. The number of carbonyl (C=O) groups excluding carboxylic acids is 2. The number of nitrogens with zero attached hydrogens (tertiary/aromatic N) is 2. The van der Waals surface area contributed by atoms with E-state index in [1.807, 2.05) is 46.8 Å². The molecule has 0 aliphatic heterocycles. The molecule has 0 saturated heterocycles. The fourth-order valence-corrected chi connectivity index (χ4v) is 3.46. The topological polar surface area (TPSA) is 92.6 Å². The van der Waals surface area contributed by atoms with Gasteiger partial charge in [0.15, 0.2) is 0 Å². The van der Waals surface area contributed by atoms with Crippen molar-refractivity contribution in [2.75, 3.05) is 0 Å². The Morgan fingerprint density at radius 1 is 1.03 bits per heavy atom. The molecule has 2 amide bonds. The van der Waals surface area contributed by atoms with E-state index in [-0.39, 0.29) is 22.7 Å². The summed E-state index contributed by atoms with van der Waals surface area (Å²) >= 11 is 0. The number of carbonyl (C=O) groups is 2. The normalized spacial score (nSPS) is 12.2. The molecule has 0 aromatic heterocycles. The molecular formula is C23H29N3O4. The first-order valence-corrected chi connectivity index (χ1v) is 9.91. The molecule has 2 aromatic rings. The second-order valence-corrected chi connectivity index (χ2v) is 8.59. The molecule has 0 heterocycles. The average Bonchev–Trinajstić information content (AvgIpc) is 2.66. The van der Waals surface area contributed by atoms with E-state index in [4.69, 9.17) is 0 Å². The van der Waals surface area contributed by atoms with Crippen molar-refractivity contribution >= 4 is 17.5 Å². The molecule has 7 nitrogen and oxygen atoms in total. The maximum atomic E-state index is 13.4. The Bertz CT molecular complexity index is 946. The van der Waals surface area contributed by atoms with Crippen molar-refractivity contribution in [1.29, 1.82) is 0 Å². The zero-order valence-electron chi connectivity index (χ0n) is 18.4. The van der Waals surface area contributed by atoms with Gasteiger partial charge in [-0.3, -0.25) is 25.1 Å².